The maximum atomic E-state index is 3.52. The summed E-state index contributed by atoms with van der Waals surface area (Å²) in [5, 5.41) is 3.52. The van der Waals surface area contributed by atoms with Crippen LogP contribution in [0.5, 0.6) is 0 Å². The number of hydrogen-bond donors (Lipinski definition) is 1. The van der Waals surface area contributed by atoms with Crippen molar-refractivity contribution in [3.63, 3.8) is 0 Å². The molecule has 2 heteroatoms. The lowest BCUT2D eigenvalue weighted by Crippen LogP contribution is -2.39. The number of hydrogen-bond acceptors (Lipinski definition) is 2. The Bertz CT molecular complexity index is 398. The Kier molecular flexibility index (Phi) is 5.09. The van der Waals surface area contributed by atoms with Gasteiger partial charge in [0, 0.05) is 24.8 Å². The highest BCUT2D eigenvalue weighted by molar-refractivity contribution is 5.44. The minimum Gasteiger partial charge on any atom is -0.384 e. The molecule has 1 N–H and O–H groups in total. The molecule has 0 radical (unpaired) electrons. The summed E-state index contributed by atoms with van der Waals surface area (Å²) >= 11 is 0. The first kappa shape index (κ1) is 15.4. The molecule has 1 fully saturated rings. The predicted molar refractivity (Wildman–Crippen MR) is 88.3 cm³/mol. The van der Waals surface area contributed by atoms with Gasteiger partial charge in [-0.1, -0.05) is 31.5 Å². The van der Waals surface area contributed by atoms with E-state index in [2.05, 4.69) is 62.3 Å². The summed E-state index contributed by atoms with van der Waals surface area (Å²) in [6, 6.07) is 9.43. The van der Waals surface area contributed by atoms with Gasteiger partial charge in [-0.25, -0.2) is 0 Å². The smallest absolute Gasteiger partial charge is 0.0340 e. The molecule has 0 spiro atoms. The van der Waals surface area contributed by atoms with Crippen molar-refractivity contribution in [2.45, 2.75) is 52.5 Å². The molecule has 0 saturated heterocycles. The Balaban J connectivity index is 1.70. The van der Waals surface area contributed by atoms with Crippen LogP contribution < -0.4 is 5.32 Å². The molecule has 112 valence electrons. The highest BCUT2D eigenvalue weighted by Crippen LogP contribution is 2.36. The third kappa shape index (κ3) is 4.52. The summed E-state index contributed by atoms with van der Waals surface area (Å²) in [7, 11) is 2.28. The average molecular weight is 274 g/mol. The molecule has 1 aromatic carbocycles. The van der Waals surface area contributed by atoms with Gasteiger partial charge in [0.05, 0.1) is 0 Å². The summed E-state index contributed by atoms with van der Waals surface area (Å²) in [6.07, 6.45) is 5.45. The van der Waals surface area contributed by atoms with Gasteiger partial charge in [0.25, 0.3) is 0 Å². The number of nitrogens with zero attached hydrogens (tertiary/aromatic N) is 1. The lowest BCUT2D eigenvalue weighted by Gasteiger charge is -2.38. The van der Waals surface area contributed by atoms with Crippen molar-refractivity contribution in [1.29, 1.82) is 0 Å². The van der Waals surface area contributed by atoms with Crippen molar-refractivity contribution >= 4 is 5.69 Å². The second-order valence-corrected chi connectivity index (χ2v) is 7.17. The van der Waals surface area contributed by atoms with Gasteiger partial charge in [-0.2, -0.15) is 0 Å². The molecular weight excluding hydrogens is 244 g/mol. The predicted octanol–water partition coefficient (Wildman–Crippen LogP) is 4.31. The van der Waals surface area contributed by atoms with Crippen LogP contribution in [-0.2, 0) is 0 Å². The van der Waals surface area contributed by atoms with Crippen molar-refractivity contribution in [2.75, 3.05) is 25.5 Å². The Hall–Kier alpha value is -1.02. The van der Waals surface area contributed by atoms with Crippen molar-refractivity contribution in [2.24, 2.45) is 5.41 Å². The SMILES string of the molecule is Cc1ccc(NCCN(C)C2CCC(C)(C)CC2)cc1. The molecule has 2 rings (SSSR count). The van der Waals surface area contributed by atoms with E-state index in [4.69, 9.17) is 0 Å². The fraction of sp³-hybridized carbons (Fsp3) is 0.667. The summed E-state index contributed by atoms with van der Waals surface area (Å²) in [5.41, 5.74) is 3.11. The number of nitrogens with one attached hydrogen (secondary N) is 1. The third-order valence-corrected chi connectivity index (χ3v) is 4.78. The van der Waals surface area contributed by atoms with Gasteiger partial charge in [0.15, 0.2) is 0 Å². The molecule has 0 unspecified atom stereocenters. The van der Waals surface area contributed by atoms with Crippen LogP contribution in [0.3, 0.4) is 0 Å². The standard InChI is InChI=1S/C18H30N2/c1-15-5-7-16(8-6-15)19-13-14-20(4)17-9-11-18(2,3)12-10-17/h5-8,17,19H,9-14H2,1-4H3. The van der Waals surface area contributed by atoms with E-state index in [1.165, 1.54) is 36.9 Å². The second-order valence-electron chi connectivity index (χ2n) is 7.17. The van der Waals surface area contributed by atoms with Crippen LogP contribution in [0.25, 0.3) is 0 Å². The van der Waals surface area contributed by atoms with Crippen LogP contribution in [0.1, 0.15) is 45.1 Å². The highest BCUT2D eigenvalue weighted by atomic mass is 15.1. The average Bonchev–Trinajstić information content (AvgIpc) is 2.41. The lowest BCUT2D eigenvalue weighted by atomic mass is 9.75. The number of anilines is 1. The van der Waals surface area contributed by atoms with Gasteiger partial charge < -0.3 is 10.2 Å². The monoisotopic (exact) mass is 274 g/mol. The maximum Gasteiger partial charge on any atom is 0.0340 e. The molecule has 1 aliphatic carbocycles. The molecule has 1 aromatic rings. The van der Waals surface area contributed by atoms with E-state index in [-0.39, 0.29) is 0 Å². The topological polar surface area (TPSA) is 15.3 Å². The van der Waals surface area contributed by atoms with Gasteiger partial charge in [0.2, 0.25) is 0 Å². The summed E-state index contributed by atoms with van der Waals surface area (Å²) in [4.78, 5) is 2.54. The molecule has 2 nitrogen and oxygen atoms in total. The Labute approximate surface area is 124 Å². The molecule has 1 saturated carbocycles. The zero-order valence-corrected chi connectivity index (χ0v) is 13.6. The number of benzene rings is 1. The quantitative estimate of drug-likeness (QED) is 0.861. The zero-order chi connectivity index (χ0) is 14.6. The Morgan fingerprint density at radius 2 is 1.75 bits per heavy atom. The highest BCUT2D eigenvalue weighted by Gasteiger charge is 2.28. The summed E-state index contributed by atoms with van der Waals surface area (Å²) in [6.45, 7) is 9.09. The fourth-order valence-electron chi connectivity index (χ4n) is 3.06. The molecule has 0 bridgehead atoms. The van der Waals surface area contributed by atoms with Crippen molar-refractivity contribution in [3.8, 4) is 0 Å². The van der Waals surface area contributed by atoms with Crippen LogP contribution in [0.2, 0.25) is 0 Å². The normalized spacial score (nSPS) is 19.2. The van der Waals surface area contributed by atoms with E-state index >= 15 is 0 Å². The summed E-state index contributed by atoms with van der Waals surface area (Å²) < 4.78 is 0. The third-order valence-electron chi connectivity index (χ3n) is 4.78. The van der Waals surface area contributed by atoms with Crippen LogP contribution in [0.15, 0.2) is 24.3 Å². The van der Waals surface area contributed by atoms with E-state index < -0.39 is 0 Å². The van der Waals surface area contributed by atoms with Crippen LogP contribution in [0.4, 0.5) is 5.69 Å². The lowest BCUT2D eigenvalue weighted by molar-refractivity contribution is 0.131. The van der Waals surface area contributed by atoms with Crippen molar-refractivity contribution in [1.82, 2.24) is 4.90 Å². The van der Waals surface area contributed by atoms with Gasteiger partial charge in [-0.15, -0.1) is 0 Å². The molecular formula is C18H30N2. The molecule has 0 amide bonds. The zero-order valence-electron chi connectivity index (χ0n) is 13.6. The van der Waals surface area contributed by atoms with Crippen LogP contribution in [0, 0.1) is 12.3 Å². The fourth-order valence-corrected chi connectivity index (χ4v) is 3.06. The molecule has 0 aromatic heterocycles. The minimum absolute atomic E-state index is 0.567. The van der Waals surface area contributed by atoms with E-state index in [1.54, 1.807) is 0 Å². The molecule has 0 aliphatic heterocycles. The first-order valence-electron chi connectivity index (χ1n) is 7.97. The number of rotatable bonds is 5. The minimum atomic E-state index is 0.567. The van der Waals surface area contributed by atoms with Gasteiger partial charge in [-0.3, -0.25) is 0 Å². The van der Waals surface area contributed by atoms with Gasteiger partial charge in [-0.05, 0) is 57.2 Å². The first-order chi connectivity index (χ1) is 9.46. The number of likely N-dealkylation sites (N-methyl/N-ethyl adjacent to an activating group) is 1. The second kappa shape index (κ2) is 6.62. The summed E-state index contributed by atoms with van der Waals surface area (Å²) in [5.74, 6) is 0. The van der Waals surface area contributed by atoms with E-state index in [1.807, 2.05) is 0 Å². The molecule has 0 heterocycles. The molecule has 20 heavy (non-hydrogen) atoms. The van der Waals surface area contributed by atoms with E-state index in [0.717, 1.165) is 19.1 Å². The van der Waals surface area contributed by atoms with E-state index in [9.17, 15) is 0 Å². The van der Waals surface area contributed by atoms with Crippen LogP contribution >= 0.6 is 0 Å². The van der Waals surface area contributed by atoms with E-state index in [0.29, 0.717) is 5.41 Å². The number of aryl methyl sites for hydroxylation is 1. The van der Waals surface area contributed by atoms with Crippen molar-refractivity contribution < 1.29 is 0 Å². The Morgan fingerprint density at radius 3 is 2.35 bits per heavy atom. The first-order valence-corrected chi connectivity index (χ1v) is 7.97. The van der Waals surface area contributed by atoms with Gasteiger partial charge >= 0.3 is 0 Å². The Morgan fingerprint density at radius 1 is 1.15 bits per heavy atom. The molecule has 1 aliphatic rings. The van der Waals surface area contributed by atoms with Crippen molar-refractivity contribution in [3.05, 3.63) is 29.8 Å². The van der Waals surface area contributed by atoms with Crippen LogP contribution in [-0.4, -0.2) is 31.1 Å². The maximum absolute atomic E-state index is 3.52. The largest absolute Gasteiger partial charge is 0.384 e. The molecule has 0 atom stereocenters. The van der Waals surface area contributed by atoms with Gasteiger partial charge in [0.1, 0.15) is 0 Å².